The highest BCUT2D eigenvalue weighted by molar-refractivity contribution is 7.16. The van der Waals surface area contributed by atoms with Crippen LogP contribution in [0, 0.1) is 13.8 Å². The molecule has 0 aliphatic rings. The van der Waals surface area contributed by atoms with E-state index in [9.17, 15) is 14.4 Å². The van der Waals surface area contributed by atoms with Crippen LogP contribution in [-0.2, 0) is 9.59 Å². The molecule has 0 saturated carbocycles. The Hall–Kier alpha value is -4.69. The highest BCUT2D eigenvalue weighted by Gasteiger charge is 2.24. The number of amides is 1. The molecule has 1 N–H and O–H groups in total. The molecule has 1 amide bonds. The molecule has 0 atom stereocenters. The summed E-state index contributed by atoms with van der Waals surface area (Å²) in [6, 6.07) is 28.8. The average molecular weight is 521 g/mol. The van der Waals surface area contributed by atoms with E-state index in [0.717, 1.165) is 39.4 Å². The third kappa shape index (κ3) is 5.21. The first kappa shape index (κ1) is 25.0. The largest absolute Gasteiger partial charge is 0.319 e. The van der Waals surface area contributed by atoms with Crippen LogP contribution in [0.3, 0.4) is 0 Å². The van der Waals surface area contributed by atoms with E-state index >= 15 is 0 Å². The van der Waals surface area contributed by atoms with Gasteiger partial charge in [0.2, 0.25) is 10.9 Å². The SMILES string of the molecule is Cc1ccccc1NC(=O)C(=O)CC(=O)c1sc(-n2nc(-c3ccccc3)cc2-c2ccccc2)nc1C. The number of carbonyl (C=O) groups excluding carboxylic acids is 3. The first-order valence-corrected chi connectivity index (χ1v) is 12.8. The second-order valence-electron chi connectivity index (χ2n) is 8.76. The zero-order chi connectivity index (χ0) is 26.6. The number of anilines is 1. The van der Waals surface area contributed by atoms with Gasteiger partial charge < -0.3 is 5.32 Å². The van der Waals surface area contributed by atoms with E-state index in [0.29, 0.717) is 21.4 Å². The molecule has 0 aliphatic heterocycles. The quantitative estimate of drug-likeness (QED) is 0.152. The molecule has 0 fully saturated rings. The van der Waals surface area contributed by atoms with Crippen molar-refractivity contribution in [3.05, 3.63) is 107 Å². The van der Waals surface area contributed by atoms with Crippen LogP contribution in [0.4, 0.5) is 5.69 Å². The molecule has 0 spiro atoms. The van der Waals surface area contributed by atoms with Gasteiger partial charge in [0.25, 0.3) is 5.91 Å². The number of nitrogens with one attached hydrogen (secondary N) is 1. The predicted molar refractivity (Wildman–Crippen MR) is 149 cm³/mol. The molecular weight excluding hydrogens is 496 g/mol. The lowest BCUT2D eigenvalue weighted by Gasteiger charge is -2.06. The van der Waals surface area contributed by atoms with Crippen molar-refractivity contribution in [3.8, 4) is 27.6 Å². The standard InChI is InChI=1S/C30H24N4O3S/c1-19-11-9-10-16-23(19)32-29(37)27(36)18-26(35)28-20(2)31-30(38-28)34-25(22-14-7-4-8-15-22)17-24(33-34)21-12-5-3-6-13-21/h3-17H,18H2,1-2H3,(H,32,37). The summed E-state index contributed by atoms with van der Waals surface area (Å²) < 4.78 is 1.72. The molecule has 8 heteroatoms. The van der Waals surface area contributed by atoms with Crippen LogP contribution in [0.1, 0.15) is 27.3 Å². The second-order valence-corrected chi connectivity index (χ2v) is 9.74. The van der Waals surface area contributed by atoms with Gasteiger partial charge in [-0.25, -0.2) is 9.67 Å². The topological polar surface area (TPSA) is 94.0 Å². The summed E-state index contributed by atoms with van der Waals surface area (Å²) in [5.74, 6) is -2.07. The number of para-hydroxylation sites is 1. The van der Waals surface area contributed by atoms with Crippen LogP contribution in [-0.4, -0.2) is 32.2 Å². The molecule has 188 valence electrons. The number of ketones is 2. The number of thiazole rings is 1. The molecule has 2 heterocycles. The third-order valence-electron chi connectivity index (χ3n) is 6.04. The summed E-state index contributed by atoms with van der Waals surface area (Å²) in [5, 5.41) is 7.90. The molecule has 3 aromatic carbocycles. The zero-order valence-corrected chi connectivity index (χ0v) is 21.7. The first-order valence-electron chi connectivity index (χ1n) is 12.0. The molecule has 0 radical (unpaired) electrons. The molecular formula is C30H24N4O3S. The maximum atomic E-state index is 13.1. The Morgan fingerprint density at radius 2 is 1.47 bits per heavy atom. The van der Waals surface area contributed by atoms with Crippen molar-refractivity contribution >= 4 is 34.5 Å². The van der Waals surface area contributed by atoms with E-state index in [2.05, 4.69) is 10.3 Å². The lowest BCUT2D eigenvalue weighted by molar-refractivity contribution is -0.134. The Bertz CT molecular complexity index is 1640. The van der Waals surface area contributed by atoms with Crippen molar-refractivity contribution in [1.29, 1.82) is 0 Å². The van der Waals surface area contributed by atoms with Crippen molar-refractivity contribution in [2.24, 2.45) is 0 Å². The Kier molecular flexibility index (Phi) is 7.06. The molecule has 0 saturated heterocycles. The number of nitrogens with zero attached hydrogens (tertiary/aromatic N) is 3. The number of carbonyl (C=O) groups is 3. The summed E-state index contributed by atoms with van der Waals surface area (Å²) >= 11 is 1.15. The van der Waals surface area contributed by atoms with Gasteiger partial charge in [0.05, 0.1) is 28.4 Å². The third-order valence-corrected chi connectivity index (χ3v) is 7.21. The van der Waals surface area contributed by atoms with E-state index in [-0.39, 0.29) is 0 Å². The summed E-state index contributed by atoms with van der Waals surface area (Å²) in [6.45, 7) is 3.55. The summed E-state index contributed by atoms with van der Waals surface area (Å²) in [6.07, 6.45) is -0.542. The number of hydrogen-bond acceptors (Lipinski definition) is 6. The highest BCUT2D eigenvalue weighted by Crippen LogP contribution is 2.31. The van der Waals surface area contributed by atoms with Crippen molar-refractivity contribution in [1.82, 2.24) is 14.8 Å². The van der Waals surface area contributed by atoms with Crippen molar-refractivity contribution in [3.63, 3.8) is 0 Å². The Balaban J connectivity index is 1.42. The van der Waals surface area contributed by atoms with Gasteiger partial charge in [-0.05, 0) is 31.5 Å². The van der Waals surface area contributed by atoms with Crippen LogP contribution in [0.25, 0.3) is 27.6 Å². The Morgan fingerprint density at radius 3 is 2.16 bits per heavy atom. The van der Waals surface area contributed by atoms with Gasteiger partial charge in [0.15, 0.2) is 5.78 Å². The van der Waals surface area contributed by atoms with E-state index in [4.69, 9.17) is 5.10 Å². The molecule has 2 aromatic heterocycles. The lowest BCUT2D eigenvalue weighted by Crippen LogP contribution is -2.25. The van der Waals surface area contributed by atoms with Crippen LogP contribution in [0.5, 0.6) is 0 Å². The van der Waals surface area contributed by atoms with Gasteiger partial charge in [-0.15, -0.1) is 0 Å². The molecule has 5 aromatic rings. The fraction of sp³-hybridized carbons (Fsp3) is 0.100. The van der Waals surface area contributed by atoms with Crippen LogP contribution in [0.2, 0.25) is 0 Å². The van der Waals surface area contributed by atoms with Crippen molar-refractivity contribution < 1.29 is 14.4 Å². The number of aryl methyl sites for hydroxylation is 2. The second kappa shape index (κ2) is 10.7. The van der Waals surface area contributed by atoms with Crippen LogP contribution >= 0.6 is 11.3 Å². The number of hydrogen-bond donors (Lipinski definition) is 1. The summed E-state index contributed by atoms with van der Waals surface area (Å²) in [5.41, 5.74) is 5.35. The van der Waals surface area contributed by atoms with Crippen molar-refractivity contribution in [2.75, 3.05) is 5.32 Å². The number of rotatable bonds is 8. The predicted octanol–water partition coefficient (Wildman–Crippen LogP) is 6.06. The molecule has 5 rings (SSSR count). The first-order chi connectivity index (χ1) is 18.4. The van der Waals surface area contributed by atoms with E-state index in [1.807, 2.05) is 85.8 Å². The molecule has 0 aliphatic carbocycles. The minimum atomic E-state index is -0.819. The average Bonchev–Trinajstić information content (AvgIpc) is 3.55. The lowest BCUT2D eigenvalue weighted by atomic mass is 10.1. The molecule has 0 unspecified atom stereocenters. The monoisotopic (exact) mass is 520 g/mol. The normalized spacial score (nSPS) is 10.8. The smallest absolute Gasteiger partial charge is 0.292 e. The van der Waals surface area contributed by atoms with Gasteiger partial charge in [0, 0.05) is 16.8 Å². The van der Waals surface area contributed by atoms with E-state index in [1.165, 1.54) is 0 Å². The van der Waals surface area contributed by atoms with E-state index < -0.39 is 23.9 Å². The Morgan fingerprint density at radius 1 is 0.842 bits per heavy atom. The minimum absolute atomic E-state index is 0.327. The molecule has 38 heavy (non-hydrogen) atoms. The maximum absolute atomic E-state index is 13.1. The van der Waals surface area contributed by atoms with Gasteiger partial charge in [-0.3, -0.25) is 14.4 Å². The Labute approximate surface area is 223 Å². The zero-order valence-electron chi connectivity index (χ0n) is 20.8. The van der Waals surface area contributed by atoms with Gasteiger partial charge >= 0.3 is 0 Å². The highest BCUT2D eigenvalue weighted by atomic mass is 32.1. The maximum Gasteiger partial charge on any atom is 0.292 e. The molecule has 7 nitrogen and oxygen atoms in total. The fourth-order valence-electron chi connectivity index (χ4n) is 4.03. The van der Waals surface area contributed by atoms with E-state index in [1.54, 1.807) is 23.7 Å². The molecule has 0 bridgehead atoms. The minimum Gasteiger partial charge on any atom is -0.319 e. The number of benzene rings is 3. The van der Waals surface area contributed by atoms with Crippen LogP contribution < -0.4 is 5.32 Å². The van der Waals surface area contributed by atoms with Gasteiger partial charge in [-0.2, -0.15) is 5.10 Å². The summed E-state index contributed by atoms with van der Waals surface area (Å²) in [4.78, 5) is 43.0. The fourth-order valence-corrected chi connectivity index (χ4v) is 5.00. The number of aromatic nitrogens is 3. The number of Topliss-reactive ketones (excluding diaryl/α,β-unsaturated/α-hetero) is 2. The van der Waals surface area contributed by atoms with Crippen LogP contribution in [0.15, 0.2) is 91.0 Å². The van der Waals surface area contributed by atoms with Gasteiger partial charge in [-0.1, -0.05) is 90.2 Å². The van der Waals surface area contributed by atoms with Crippen molar-refractivity contribution in [2.45, 2.75) is 20.3 Å². The van der Waals surface area contributed by atoms with Gasteiger partial charge in [0.1, 0.15) is 0 Å². The summed E-state index contributed by atoms with van der Waals surface area (Å²) in [7, 11) is 0.